The number of nitrogens with zero attached hydrogens (tertiary/aromatic N) is 1. The molecule has 0 N–H and O–H groups in total. The predicted molar refractivity (Wildman–Crippen MR) is 98.8 cm³/mol. The monoisotopic (exact) mass is 509 g/mol. The molecule has 4 rings (SSSR count). The Morgan fingerprint density at radius 1 is 1.00 bits per heavy atom. The van der Waals surface area contributed by atoms with Gasteiger partial charge in [-0.25, -0.2) is 0 Å². The molecule has 0 saturated carbocycles. The molecule has 2 aromatic heterocycles. The van der Waals surface area contributed by atoms with Crippen LogP contribution in [0.15, 0.2) is 59.1 Å². The van der Waals surface area contributed by atoms with Gasteiger partial charge in [-0.05, 0) is 17.8 Å². The van der Waals surface area contributed by atoms with Crippen molar-refractivity contribution in [1.82, 2.24) is 4.98 Å². The van der Waals surface area contributed by atoms with Gasteiger partial charge >= 0.3 is 0 Å². The maximum absolute atomic E-state index is 6.22. The van der Waals surface area contributed by atoms with Crippen molar-refractivity contribution >= 4 is 35.2 Å². The second kappa shape index (κ2) is 6.28. The second-order valence-corrected chi connectivity index (χ2v) is 11.9. The molecule has 123 valence electrons. The van der Waals surface area contributed by atoms with Crippen molar-refractivity contribution in [3.05, 3.63) is 60.8 Å². The molecular formula is C20H18IrNOSi-. The van der Waals surface area contributed by atoms with Crippen LogP contribution in [0.2, 0.25) is 19.6 Å². The number of para-hydroxylation sites is 1. The minimum atomic E-state index is -1.51. The largest absolute Gasteiger partial charge is 0.501 e. The Morgan fingerprint density at radius 3 is 2.46 bits per heavy atom. The van der Waals surface area contributed by atoms with Crippen LogP contribution < -0.4 is 5.19 Å². The van der Waals surface area contributed by atoms with E-state index in [4.69, 9.17) is 4.42 Å². The molecule has 0 fully saturated rings. The number of benzene rings is 2. The fraction of sp³-hybridized carbons (Fsp3) is 0.150. The third-order valence-electron chi connectivity index (χ3n) is 4.18. The van der Waals surface area contributed by atoms with E-state index >= 15 is 0 Å². The minimum absolute atomic E-state index is 0. The van der Waals surface area contributed by atoms with Gasteiger partial charge < -0.3 is 9.40 Å². The zero-order chi connectivity index (χ0) is 16.0. The third-order valence-corrected chi connectivity index (χ3v) is 6.19. The summed E-state index contributed by atoms with van der Waals surface area (Å²) in [5, 5.41) is 3.81. The average molecular weight is 509 g/mol. The van der Waals surface area contributed by atoms with Crippen molar-refractivity contribution in [2.24, 2.45) is 0 Å². The smallest absolute Gasteiger partial charge is 0.120 e. The van der Waals surface area contributed by atoms with Crippen LogP contribution in [0.1, 0.15) is 0 Å². The van der Waals surface area contributed by atoms with E-state index in [1.165, 1.54) is 16.0 Å². The minimum Gasteiger partial charge on any atom is -0.501 e. The van der Waals surface area contributed by atoms with Crippen molar-refractivity contribution in [3.63, 3.8) is 0 Å². The Bertz CT molecular complexity index is 1000. The summed E-state index contributed by atoms with van der Waals surface area (Å²) in [5.41, 5.74) is 3.68. The first-order valence-electron chi connectivity index (χ1n) is 7.83. The number of furan rings is 1. The molecule has 2 nitrogen and oxygen atoms in total. The number of rotatable bonds is 2. The zero-order valence-corrected chi connectivity index (χ0v) is 17.3. The van der Waals surface area contributed by atoms with Crippen LogP contribution >= 0.6 is 0 Å². The number of aromatic nitrogens is 1. The van der Waals surface area contributed by atoms with Crippen molar-refractivity contribution in [3.8, 4) is 11.3 Å². The van der Waals surface area contributed by atoms with Crippen LogP contribution in [0.5, 0.6) is 0 Å². The molecule has 2 heterocycles. The topological polar surface area (TPSA) is 26.0 Å². The molecule has 0 unspecified atom stereocenters. The Hall–Kier alpha value is -1.74. The summed E-state index contributed by atoms with van der Waals surface area (Å²) in [4.78, 5) is 4.48. The first-order chi connectivity index (χ1) is 11.1. The molecule has 1 radical (unpaired) electrons. The van der Waals surface area contributed by atoms with E-state index in [-0.39, 0.29) is 20.1 Å². The van der Waals surface area contributed by atoms with Gasteiger partial charge in [-0.2, -0.15) is 0 Å². The summed E-state index contributed by atoms with van der Waals surface area (Å²) in [6, 6.07) is 19.8. The normalized spacial score (nSPS) is 11.6. The summed E-state index contributed by atoms with van der Waals surface area (Å²) in [6.45, 7) is 7.08. The second-order valence-electron chi connectivity index (χ2n) is 6.84. The number of hydrogen-bond acceptors (Lipinski definition) is 2. The van der Waals surface area contributed by atoms with Gasteiger partial charge in [0.2, 0.25) is 0 Å². The van der Waals surface area contributed by atoms with Gasteiger partial charge in [0.15, 0.2) is 0 Å². The van der Waals surface area contributed by atoms with E-state index in [0.29, 0.717) is 0 Å². The zero-order valence-electron chi connectivity index (χ0n) is 13.9. The molecule has 0 atom stereocenters. The van der Waals surface area contributed by atoms with Gasteiger partial charge in [-0.1, -0.05) is 60.9 Å². The van der Waals surface area contributed by atoms with E-state index in [9.17, 15) is 0 Å². The van der Waals surface area contributed by atoms with Crippen molar-refractivity contribution in [2.45, 2.75) is 19.6 Å². The summed E-state index contributed by atoms with van der Waals surface area (Å²) in [7, 11) is -1.51. The molecular weight excluding hydrogens is 491 g/mol. The van der Waals surface area contributed by atoms with Crippen molar-refractivity contribution in [2.75, 3.05) is 0 Å². The van der Waals surface area contributed by atoms with E-state index in [1.807, 2.05) is 36.5 Å². The molecule has 0 saturated heterocycles. The molecule has 2 aromatic carbocycles. The first-order valence-corrected chi connectivity index (χ1v) is 11.3. The molecule has 0 aliphatic carbocycles. The van der Waals surface area contributed by atoms with Gasteiger partial charge in [-0.15, -0.1) is 17.3 Å². The summed E-state index contributed by atoms with van der Waals surface area (Å²) < 4.78 is 6.22. The van der Waals surface area contributed by atoms with E-state index in [1.54, 1.807) is 0 Å². The fourth-order valence-electron chi connectivity index (χ4n) is 3.06. The predicted octanol–water partition coefficient (Wildman–Crippen LogP) is 4.99. The van der Waals surface area contributed by atoms with Gasteiger partial charge in [0.05, 0.1) is 5.58 Å². The fourth-order valence-corrected chi connectivity index (χ4v) is 4.57. The molecule has 0 amide bonds. The van der Waals surface area contributed by atoms with E-state index in [0.717, 1.165) is 22.4 Å². The molecule has 0 spiro atoms. The Balaban J connectivity index is 0.00000169. The van der Waals surface area contributed by atoms with Crippen LogP contribution in [0.3, 0.4) is 0 Å². The molecule has 0 aliphatic heterocycles. The first kappa shape index (κ1) is 17.1. The summed E-state index contributed by atoms with van der Waals surface area (Å²) in [6.07, 6.45) is 1.81. The standard InChI is InChI=1S/C20H18NOSi.Ir/c1-23(2,3)18-12-11-14(16-9-6-7-13-21-16)20-19(18)15-8-4-5-10-17(15)22-20;/h4-10,12-13H,1-3H3;/q-1;. The van der Waals surface area contributed by atoms with Gasteiger partial charge in [0.1, 0.15) is 5.58 Å². The van der Waals surface area contributed by atoms with Crippen LogP contribution in [0, 0.1) is 6.07 Å². The Morgan fingerprint density at radius 2 is 1.75 bits per heavy atom. The van der Waals surface area contributed by atoms with Gasteiger partial charge in [-0.3, -0.25) is 0 Å². The molecule has 4 aromatic rings. The number of fused-ring (bicyclic) bond motifs is 3. The summed E-state index contributed by atoms with van der Waals surface area (Å²) in [5.74, 6) is 0. The van der Waals surface area contributed by atoms with Gasteiger partial charge in [0, 0.05) is 39.8 Å². The molecule has 0 bridgehead atoms. The van der Waals surface area contributed by atoms with Crippen LogP contribution in [-0.4, -0.2) is 13.1 Å². The number of hydrogen-bond donors (Lipinski definition) is 0. The molecule has 0 aliphatic rings. The quantitative estimate of drug-likeness (QED) is 0.282. The third kappa shape index (κ3) is 2.75. The maximum Gasteiger partial charge on any atom is 0.120 e. The van der Waals surface area contributed by atoms with Crippen LogP contribution in [-0.2, 0) is 20.1 Å². The number of pyridine rings is 1. The van der Waals surface area contributed by atoms with Crippen LogP contribution in [0.25, 0.3) is 33.2 Å². The van der Waals surface area contributed by atoms with Crippen molar-refractivity contribution in [1.29, 1.82) is 0 Å². The van der Waals surface area contributed by atoms with Crippen LogP contribution in [0.4, 0.5) is 0 Å². The van der Waals surface area contributed by atoms with Gasteiger partial charge in [0.25, 0.3) is 0 Å². The average Bonchev–Trinajstić information content (AvgIpc) is 2.93. The Kier molecular flexibility index (Phi) is 4.47. The molecule has 24 heavy (non-hydrogen) atoms. The van der Waals surface area contributed by atoms with E-state index in [2.05, 4.69) is 48.9 Å². The Labute approximate surface area is 156 Å². The molecule has 4 heteroatoms. The van der Waals surface area contributed by atoms with Crippen molar-refractivity contribution < 1.29 is 24.5 Å². The maximum atomic E-state index is 6.22. The summed E-state index contributed by atoms with van der Waals surface area (Å²) >= 11 is 0. The SMILES string of the molecule is C[Si](C)(C)c1c[c-]c(-c2ccccn2)c2oc3ccccc3c12.[Ir]. The van der Waals surface area contributed by atoms with E-state index < -0.39 is 8.07 Å².